The lowest BCUT2D eigenvalue weighted by Crippen LogP contribution is -2.58. The van der Waals surface area contributed by atoms with Gasteiger partial charge in [-0.1, -0.05) is 6.07 Å². The molecule has 0 N–H and O–H groups in total. The molecule has 0 atom stereocenters. The number of hydrogen-bond acceptors (Lipinski definition) is 6. The van der Waals surface area contributed by atoms with Crippen LogP contribution >= 0.6 is 0 Å². The Bertz CT molecular complexity index is 444. The smallest absolute Gasteiger partial charge is 0.343 e. The van der Waals surface area contributed by atoms with Gasteiger partial charge in [0.25, 0.3) is 0 Å². The van der Waals surface area contributed by atoms with Crippen LogP contribution in [0.3, 0.4) is 0 Å². The lowest BCUT2D eigenvalue weighted by atomic mass is 10.0. The van der Waals surface area contributed by atoms with Crippen molar-refractivity contribution in [2.75, 3.05) is 25.2 Å². The average Bonchev–Trinajstić information content (AvgIpc) is 2.47. The molecule has 0 saturated carbocycles. The predicted molar refractivity (Wildman–Crippen MR) is 74.3 cm³/mol. The number of carbonyl (C=O) groups is 2. The fourth-order valence-electron chi connectivity index (χ4n) is 1.68. The Hall–Kier alpha value is -2.11. The van der Waals surface area contributed by atoms with E-state index in [-0.39, 0.29) is 13.2 Å². The second-order valence-corrected chi connectivity index (χ2v) is 4.26. The number of hydrogen-bond donors (Lipinski definition) is 0. The maximum atomic E-state index is 12.2. The van der Waals surface area contributed by atoms with E-state index in [0.717, 1.165) is 0 Å². The van der Waals surface area contributed by atoms with Crippen LogP contribution in [-0.2, 0) is 19.1 Å². The van der Waals surface area contributed by atoms with E-state index < -0.39 is 17.5 Å². The normalized spacial score (nSPS) is 10.8. The lowest BCUT2D eigenvalue weighted by molar-refractivity contribution is -0.163. The van der Waals surface area contributed by atoms with Crippen LogP contribution in [0.4, 0.5) is 5.82 Å². The minimum Gasteiger partial charge on any atom is -0.464 e. The van der Waals surface area contributed by atoms with Gasteiger partial charge in [0.1, 0.15) is 5.82 Å². The van der Waals surface area contributed by atoms with Gasteiger partial charge in [-0.05, 0) is 32.9 Å². The summed E-state index contributed by atoms with van der Waals surface area (Å²) in [5, 5.41) is 0. The molecule has 0 aliphatic carbocycles. The highest BCUT2D eigenvalue weighted by molar-refractivity contribution is 6.07. The van der Waals surface area contributed by atoms with Crippen molar-refractivity contribution in [3.05, 3.63) is 24.4 Å². The van der Waals surface area contributed by atoms with Gasteiger partial charge in [-0.3, -0.25) is 0 Å². The molecule has 0 aliphatic heterocycles. The third-order valence-electron chi connectivity index (χ3n) is 3.01. The number of aromatic nitrogens is 1. The molecule has 1 aromatic rings. The Morgan fingerprint density at radius 2 is 1.75 bits per heavy atom. The van der Waals surface area contributed by atoms with Gasteiger partial charge < -0.3 is 14.4 Å². The molecule has 0 aliphatic rings. The molecule has 1 heterocycles. The molecule has 0 aromatic carbocycles. The van der Waals surface area contributed by atoms with Crippen LogP contribution in [0, 0.1) is 0 Å². The van der Waals surface area contributed by atoms with Crippen molar-refractivity contribution in [3.8, 4) is 0 Å². The van der Waals surface area contributed by atoms with Crippen LogP contribution < -0.4 is 4.90 Å². The summed E-state index contributed by atoms with van der Waals surface area (Å²) in [7, 11) is 1.61. The minimum atomic E-state index is -1.57. The molecule has 1 rings (SSSR count). The van der Waals surface area contributed by atoms with Gasteiger partial charge >= 0.3 is 11.9 Å². The predicted octanol–water partition coefficient (Wildman–Crippen LogP) is 1.40. The van der Waals surface area contributed by atoms with Crippen molar-refractivity contribution in [2.24, 2.45) is 0 Å². The maximum Gasteiger partial charge on any atom is 0.343 e. The van der Waals surface area contributed by atoms with Crippen LogP contribution in [0.25, 0.3) is 0 Å². The maximum absolute atomic E-state index is 12.2. The number of carbonyl (C=O) groups excluding carboxylic acids is 2. The summed E-state index contributed by atoms with van der Waals surface area (Å²) < 4.78 is 10.0. The largest absolute Gasteiger partial charge is 0.464 e. The van der Waals surface area contributed by atoms with Crippen molar-refractivity contribution >= 4 is 17.8 Å². The minimum absolute atomic E-state index is 0.184. The highest BCUT2D eigenvalue weighted by Crippen LogP contribution is 2.23. The molecule has 6 heteroatoms. The lowest BCUT2D eigenvalue weighted by Gasteiger charge is -2.34. The van der Waals surface area contributed by atoms with E-state index in [2.05, 4.69) is 4.98 Å². The first-order chi connectivity index (χ1) is 9.48. The summed E-state index contributed by atoms with van der Waals surface area (Å²) in [6.45, 7) is 5.21. The van der Waals surface area contributed by atoms with E-state index in [4.69, 9.17) is 9.47 Å². The number of pyridine rings is 1. The Balaban J connectivity index is 3.16. The molecule has 0 bridgehead atoms. The van der Waals surface area contributed by atoms with Crippen LogP contribution in [0.1, 0.15) is 20.8 Å². The van der Waals surface area contributed by atoms with Crippen molar-refractivity contribution in [2.45, 2.75) is 26.3 Å². The number of nitrogens with zero attached hydrogens (tertiary/aromatic N) is 2. The van der Waals surface area contributed by atoms with Gasteiger partial charge in [-0.15, -0.1) is 0 Å². The van der Waals surface area contributed by atoms with Crippen molar-refractivity contribution in [1.29, 1.82) is 0 Å². The zero-order valence-electron chi connectivity index (χ0n) is 12.3. The molecular formula is C14H20N2O4. The first-order valence-corrected chi connectivity index (χ1v) is 6.47. The summed E-state index contributed by atoms with van der Waals surface area (Å²) >= 11 is 0. The van der Waals surface area contributed by atoms with Gasteiger partial charge in [-0.25, -0.2) is 14.6 Å². The van der Waals surface area contributed by atoms with Gasteiger partial charge in [0.2, 0.25) is 5.54 Å². The summed E-state index contributed by atoms with van der Waals surface area (Å²) in [6, 6.07) is 5.23. The Kier molecular flexibility index (Phi) is 5.49. The molecular weight excluding hydrogens is 260 g/mol. The average molecular weight is 280 g/mol. The molecule has 0 spiro atoms. The van der Waals surface area contributed by atoms with Crippen molar-refractivity contribution in [1.82, 2.24) is 4.98 Å². The van der Waals surface area contributed by atoms with E-state index in [1.165, 1.54) is 11.8 Å². The van der Waals surface area contributed by atoms with Gasteiger partial charge in [0.15, 0.2) is 0 Å². The van der Waals surface area contributed by atoms with Crippen molar-refractivity contribution in [3.63, 3.8) is 0 Å². The second kappa shape index (κ2) is 6.88. The zero-order chi connectivity index (χ0) is 15.2. The topological polar surface area (TPSA) is 68.7 Å². The number of likely N-dealkylation sites (N-methyl/N-ethyl adjacent to an activating group) is 1. The fourth-order valence-corrected chi connectivity index (χ4v) is 1.68. The van der Waals surface area contributed by atoms with Crippen LogP contribution in [0.5, 0.6) is 0 Å². The Labute approximate surface area is 118 Å². The van der Waals surface area contributed by atoms with Gasteiger partial charge in [0, 0.05) is 13.2 Å². The first-order valence-electron chi connectivity index (χ1n) is 6.47. The zero-order valence-corrected chi connectivity index (χ0v) is 12.3. The van der Waals surface area contributed by atoms with E-state index in [9.17, 15) is 9.59 Å². The van der Waals surface area contributed by atoms with E-state index >= 15 is 0 Å². The molecule has 0 amide bonds. The summed E-state index contributed by atoms with van der Waals surface area (Å²) in [5.74, 6) is -0.839. The summed E-state index contributed by atoms with van der Waals surface area (Å²) in [4.78, 5) is 30.0. The molecule has 0 fully saturated rings. The first kappa shape index (κ1) is 15.9. The molecule has 0 unspecified atom stereocenters. The molecule has 110 valence electrons. The van der Waals surface area contributed by atoms with Crippen LogP contribution in [-0.4, -0.2) is 42.7 Å². The summed E-state index contributed by atoms with van der Waals surface area (Å²) in [6.07, 6.45) is 1.59. The highest BCUT2D eigenvalue weighted by atomic mass is 16.6. The number of rotatable bonds is 6. The fraction of sp³-hybridized carbons (Fsp3) is 0.500. The monoisotopic (exact) mass is 280 g/mol. The molecule has 20 heavy (non-hydrogen) atoms. The molecule has 0 radical (unpaired) electrons. The van der Waals surface area contributed by atoms with Crippen LogP contribution in [0.15, 0.2) is 24.4 Å². The summed E-state index contributed by atoms with van der Waals surface area (Å²) in [5.41, 5.74) is -1.57. The number of anilines is 1. The third-order valence-corrected chi connectivity index (χ3v) is 3.01. The molecule has 1 aromatic heterocycles. The van der Waals surface area contributed by atoms with Gasteiger partial charge in [-0.2, -0.15) is 0 Å². The molecule has 6 nitrogen and oxygen atoms in total. The Morgan fingerprint density at radius 1 is 1.20 bits per heavy atom. The van der Waals surface area contributed by atoms with E-state index in [1.807, 2.05) is 0 Å². The number of ether oxygens (including phenoxy) is 2. The highest BCUT2D eigenvalue weighted by Gasteiger charge is 2.48. The quantitative estimate of drug-likeness (QED) is 0.579. The van der Waals surface area contributed by atoms with Gasteiger partial charge in [0.05, 0.1) is 13.2 Å². The number of esters is 2. The molecule has 0 saturated heterocycles. The van der Waals surface area contributed by atoms with E-state index in [0.29, 0.717) is 5.82 Å². The second-order valence-electron chi connectivity index (χ2n) is 4.26. The third kappa shape index (κ3) is 3.07. The van der Waals surface area contributed by atoms with Crippen molar-refractivity contribution < 1.29 is 19.1 Å². The van der Waals surface area contributed by atoms with E-state index in [1.54, 1.807) is 45.3 Å². The standard InChI is InChI=1S/C14H20N2O4/c1-5-19-12(17)14(3,13(18)20-6-2)16(4)11-9-7-8-10-15-11/h7-10H,5-6H2,1-4H3. The Morgan fingerprint density at radius 3 is 2.15 bits per heavy atom. The van der Waals surface area contributed by atoms with Crippen LogP contribution in [0.2, 0.25) is 0 Å². The SMILES string of the molecule is CCOC(=O)C(C)(C(=O)OCC)N(C)c1ccccn1.